The Kier molecular flexibility index (Phi) is 2.66. The smallest absolute Gasteiger partial charge is 0.229 e. The number of hydrogen-bond acceptors (Lipinski definition) is 3. The third kappa shape index (κ3) is 2.60. The zero-order valence-corrected chi connectivity index (χ0v) is 9.45. The molecule has 84 valence electrons. The minimum atomic E-state index is -3.24. The first-order chi connectivity index (χ1) is 7.54. The van der Waals surface area contributed by atoms with Crippen LogP contribution in [0.15, 0.2) is 36.8 Å². The minimum absolute atomic E-state index is 0.537. The van der Waals surface area contributed by atoms with Gasteiger partial charge in [-0.1, -0.05) is 12.1 Å². The predicted octanol–water partition coefficient (Wildman–Crippen LogP) is 1.45. The van der Waals surface area contributed by atoms with Gasteiger partial charge in [-0.3, -0.25) is 4.72 Å². The van der Waals surface area contributed by atoms with Gasteiger partial charge in [0.2, 0.25) is 10.0 Å². The van der Waals surface area contributed by atoms with Crippen LogP contribution in [0.5, 0.6) is 0 Å². The molecule has 0 fully saturated rings. The highest BCUT2D eigenvalue weighted by atomic mass is 32.2. The molecule has 2 N–H and O–H groups in total. The minimum Gasteiger partial charge on any atom is -0.345 e. The third-order valence-corrected chi connectivity index (χ3v) is 2.58. The largest absolute Gasteiger partial charge is 0.345 e. The first kappa shape index (κ1) is 10.7. The molecule has 0 aliphatic heterocycles. The number of imidazole rings is 1. The number of benzene rings is 1. The van der Waals surface area contributed by atoms with Crippen molar-refractivity contribution in [3.8, 4) is 11.3 Å². The summed E-state index contributed by atoms with van der Waals surface area (Å²) in [6.45, 7) is 0. The lowest BCUT2D eigenvalue weighted by molar-refractivity contribution is 0.607. The molecule has 0 bridgehead atoms. The van der Waals surface area contributed by atoms with E-state index < -0.39 is 10.0 Å². The molecule has 0 saturated heterocycles. The van der Waals surface area contributed by atoms with E-state index >= 15 is 0 Å². The second kappa shape index (κ2) is 3.97. The van der Waals surface area contributed by atoms with Crippen molar-refractivity contribution < 1.29 is 8.42 Å². The molecule has 0 radical (unpaired) electrons. The van der Waals surface area contributed by atoms with Crippen molar-refractivity contribution in [1.29, 1.82) is 0 Å². The molecule has 1 heterocycles. The van der Waals surface area contributed by atoms with Gasteiger partial charge in [0.1, 0.15) is 0 Å². The molecule has 2 aromatic rings. The van der Waals surface area contributed by atoms with Gasteiger partial charge in [0.05, 0.1) is 24.5 Å². The molecule has 2 rings (SSSR count). The first-order valence-corrected chi connectivity index (χ1v) is 6.50. The van der Waals surface area contributed by atoms with Crippen LogP contribution >= 0.6 is 0 Å². The van der Waals surface area contributed by atoms with Gasteiger partial charge < -0.3 is 4.98 Å². The average Bonchev–Trinajstić information content (AvgIpc) is 2.68. The molecule has 0 unspecified atom stereocenters. The Morgan fingerprint density at radius 3 is 2.81 bits per heavy atom. The van der Waals surface area contributed by atoms with Crippen molar-refractivity contribution in [1.82, 2.24) is 9.97 Å². The molecule has 6 heteroatoms. The van der Waals surface area contributed by atoms with Crippen LogP contribution in [-0.4, -0.2) is 24.6 Å². The van der Waals surface area contributed by atoms with E-state index in [0.717, 1.165) is 17.5 Å². The van der Waals surface area contributed by atoms with Crippen molar-refractivity contribution in [3.05, 3.63) is 36.8 Å². The normalized spacial score (nSPS) is 11.3. The van der Waals surface area contributed by atoms with Crippen LogP contribution < -0.4 is 4.72 Å². The molecule has 5 nitrogen and oxygen atoms in total. The standard InChI is InChI=1S/C10H11N3O2S/c1-16(14,15)13-9-4-2-3-8(5-9)10-6-11-7-12-10/h2-7,13H,1H3,(H,11,12). The lowest BCUT2D eigenvalue weighted by Gasteiger charge is -2.05. The van der Waals surface area contributed by atoms with Crippen molar-refractivity contribution in [2.75, 3.05) is 11.0 Å². The van der Waals surface area contributed by atoms with Gasteiger partial charge in [-0.2, -0.15) is 0 Å². The lowest BCUT2D eigenvalue weighted by Crippen LogP contribution is -2.09. The highest BCUT2D eigenvalue weighted by Gasteiger charge is 2.04. The molecule has 1 aromatic heterocycles. The monoisotopic (exact) mass is 237 g/mol. The van der Waals surface area contributed by atoms with Crippen molar-refractivity contribution in [2.45, 2.75) is 0 Å². The number of aromatic amines is 1. The highest BCUT2D eigenvalue weighted by molar-refractivity contribution is 7.92. The summed E-state index contributed by atoms with van der Waals surface area (Å²) in [4.78, 5) is 6.86. The second-order valence-electron chi connectivity index (χ2n) is 3.42. The van der Waals surface area contributed by atoms with Gasteiger partial charge in [0.25, 0.3) is 0 Å². The fraction of sp³-hybridized carbons (Fsp3) is 0.100. The topological polar surface area (TPSA) is 74.8 Å². The summed E-state index contributed by atoms with van der Waals surface area (Å²) in [6.07, 6.45) is 4.38. The summed E-state index contributed by atoms with van der Waals surface area (Å²) in [7, 11) is -3.24. The van der Waals surface area contributed by atoms with Crippen molar-refractivity contribution in [2.24, 2.45) is 0 Å². The van der Waals surface area contributed by atoms with E-state index in [0.29, 0.717) is 5.69 Å². The number of H-pyrrole nitrogens is 1. The number of hydrogen-bond donors (Lipinski definition) is 2. The SMILES string of the molecule is CS(=O)(=O)Nc1cccc(-c2cnc[nH]2)c1. The van der Waals surface area contributed by atoms with Crippen LogP contribution in [-0.2, 0) is 10.0 Å². The van der Waals surface area contributed by atoms with E-state index in [9.17, 15) is 8.42 Å². The predicted molar refractivity (Wildman–Crippen MR) is 62.5 cm³/mol. The van der Waals surface area contributed by atoms with E-state index in [1.165, 1.54) is 0 Å². The molecular weight excluding hydrogens is 226 g/mol. The van der Waals surface area contributed by atoms with Crippen LogP contribution in [0.2, 0.25) is 0 Å². The van der Waals surface area contributed by atoms with Gasteiger partial charge >= 0.3 is 0 Å². The molecule has 1 aromatic carbocycles. The molecule has 16 heavy (non-hydrogen) atoms. The molecular formula is C10H11N3O2S. The molecule has 0 atom stereocenters. The van der Waals surface area contributed by atoms with Crippen LogP contribution in [0.25, 0.3) is 11.3 Å². The van der Waals surface area contributed by atoms with Crippen molar-refractivity contribution >= 4 is 15.7 Å². The number of nitrogens with one attached hydrogen (secondary N) is 2. The summed E-state index contributed by atoms with van der Waals surface area (Å²) in [5.74, 6) is 0. The molecule has 0 aliphatic carbocycles. The Hall–Kier alpha value is -1.82. The van der Waals surface area contributed by atoms with E-state index in [-0.39, 0.29) is 0 Å². The number of aromatic nitrogens is 2. The fourth-order valence-electron chi connectivity index (χ4n) is 1.38. The Labute approximate surface area is 93.6 Å². The Bertz CT molecular complexity index is 576. The van der Waals surface area contributed by atoms with Gasteiger partial charge in [-0.25, -0.2) is 13.4 Å². The number of sulfonamides is 1. The number of rotatable bonds is 3. The van der Waals surface area contributed by atoms with E-state index in [4.69, 9.17) is 0 Å². The molecule has 0 aliphatic rings. The Morgan fingerprint density at radius 1 is 1.38 bits per heavy atom. The maximum absolute atomic E-state index is 11.1. The van der Waals surface area contributed by atoms with Crippen LogP contribution in [0.3, 0.4) is 0 Å². The summed E-state index contributed by atoms with van der Waals surface area (Å²) in [5, 5.41) is 0. The number of nitrogens with zero attached hydrogens (tertiary/aromatic N) is 1. The molecule has 0 saturated carbocycles. The summed E-state index contributed by atoms with van der Waals surface area (Å²) in [5.41, 5.74) is 2.26. The lowest BCUT2D eigenvalue weighted by atomic mass is 10.1. The van der Waals surface area contributed by atoms with Gasteiger partial charge in [0, 0.05) is 11.3 Å². The zero-order valence-electron chi connectivity index (χ0n) is 8.64. The van der Waals surface area contributed by atoms with Crippen LogP contribution in [0.1, 0.15) is 0 Å². The molecule has 0 amide bonds. The summed E-state index contributed by atoms with van der Waals surface area (Å²) in [6, 6.07) is 7.10. The maximum atomic E-state index is 11.1. The number of anilines is 1. The van der Waals surface area contributed by atoms with Gasteiger partial charge in [-0.15, -0.1) is 0 Å². The van der Waals surface area contributed by atoms with E-state index in [1.807, 2.05) is 6.07 Å². The van der Waals surface area contributed by atoms with E-state index in [1.54, 1.807) is 30.7 Å². The average molecular weight is 237 g/mol. The fourth-order valence-corrected chi connectivity index (χ4v) is 1.93. The Balaban J connectivity index is 2.34. The maximum Gasteiger partial charge on any atom is 0.229 e. The third-order valence-electron chi connectivity index (χ3n) is 1.98. The first-order valence-electron chi connectivity index (χ1n) is 4.61. The van der Waals surface area contributed by atoms with Crippen molar-refractivity contribution in [3.63, 3.8) is 0 Å². The van der Waals surface area contributed by atoms with Crippen LogP contribution in [0.4, 0.5) is 5.69 Å². The second-order valence-corrected chi connectivity index (χ2v) is 5.17. The molecule has 0 spiro atoms. The summed E-state index contributed by atoms with van der Waals surface area (Å²) >= 11 is 0. The van der Waals surface area contributed by atoms with Crippen LogP contribution in [0, 0.1) is 0 Å². The highest BCUT2D eigenvalue weighted by Crippen LogP contribution is 2.20. The van der Waals surface area contributed by atoms with Gasteiger partial charge in [-0.05, 0) is 12.1 Å². The quantitative estimate of drug-likeness (QED) is 0.848. The zero-order chi connectivity index (χ0) is 11.6. The Morgan fingerprint density at radius 2 is 2.19 bits per heavy atom. The summed E-state index contributed by atoms with van der Waals surface area (Å²) < 4.78 is 24.6. The van der Waals surface area contributed by atoms with E-state index in [2.05, 4.69) is 14.7 Å². The van der Waals surface area contributed by atoms with Gasteiger partial charge in [0.15, 0.2) is 0 Å².